The van der Waals surface area contributed by atoms with Crippen LogP contribution in [-0.2, 0) is 19.2 Å². The van der Waals surface area contributed by atoms with Crippen LogP contribution in [0.25, 0.3) is 0 Å². The van der Waals surface area contributed by atoms with Crippen molar-refractivity contribution < 1.29 is 29.4 Å². The predicted molar refractivity (Wildman–Crippen MR) is 106 cm³/mol. The molecule has 0 rings (SSSR count). The summed E-state index contributed by atoms with van der Waals surface area (Å²) in [5, 5.41) is 22.9. The van der Waals surface area contributed by atoms with Crippen molar-refractivity contribution in [3.63, 3.8) is 0 Å². The summed E-state index contributed by atoms with van der Waals surface area (Å²) in [5.41, 5.74) is 16.1. The van der Waals surface area contributed by atoms with Gasteiger partial charge in [0.15, 0.2) is 5.96 Å². The number of carbonyl (C=O) groups excluding carboxylic acids is 2. The first-order chi connectivity index (χ1) is 13.5. The van der Waals surface area contributed by atoms with Crippen LogP contribution in [0.1, 0.15) is 46.0 Å². The molecule has 0 aliphatic heterocycles. The molecule has 10 N–H and O–H groups in total. The second kappa shape index (κ2) is 13.3. The Bertz CT molecular complexity index is 607. The van der Waals surface area contributed by atoms with Crippen molar-refractivity contribution in [2.75, 3.05) is 6.54 Å². The highest BCUT2D eigenvalue weighted by Gasteiger charge is 2.30. The van der Waals surface area contributed by atoms with Crippen molar-refractivity contribution >= 4 is 29.7 Å². The molecule has 29 heavy (non-hydrogen) atoms. The number of rotatable bonds is 14. The number of guanidine groups is 1. The lowest BCUT2D eigenvalue weighted by atomic mass is 9.97. The standard InChI is InChI=1S/C17H32N6O6/c1-3-9(2)13(23-14(26)10(18)6-7-12(24)25)15(27)22-11(16(28)29)5-4-8-21-17(19)20/h9-11,13H,3-8,18H2,1-2H3,(H,22,27)(H,23,26)(H,24,25)(H,28,29)(H4,19,20,21). The fraction of sp³-hybridized carbons (Fsp3) is 0.706. The Kier molecular flexibility index (Phi) is 12.0. The number of nitrogens with two attached hydrogens (primary N) is 3. The first-order valence-electron chi connectivity index (χ1n) is 9.35. The normalized spacial score (nSPS) is 14.7. The Labute approximate surface area is 169 Å². The van der Waals surface area contributed by atoms with Crippen LogP contribution in [0.5, 0.6) is 0 Å². The highest BCUT2D eigenvalue weighted by atomic mass is 16.4. The number of nitrogens with one attached hydrogen (secondary N) is 2. The molecule has 0 saturated heterocycles. The summed E-state index contributed by atoms with van der Waals surface area (Å²) in [6.07, 6.45) is 0.585. The Balaban J connectivity index is 5.02. The van der Waals surface area contributed by atoms with Gasteiger partial charge in [0, 0.05) is 13.0 Å². The number of nitrogens with zero attached hydrogens (tertiary/aromatic N) is 1. The maximum absolute atomic E-state index is 12.6. The molecular weight excluding hydrogens is 384 g/mol. The second-order valence-corrected chi connectivity index (χ2v) is 6.76. The van der Waals surface area contributed by atoms with E-state index in [4.69, 9.17) is 22.3 Å². The van der Waals surface area contributed by atoms with Gasteiger partial charge in [-0.2, -0.15) is 0 Å². The number of hydrogen-bond acceptors (Lipinski definition) is 6. The third-order valence-corrected chi connectivity index (χ3v) is 4.36. The maximum Gasteiger partial charge on any atom is 0.326 e. The quantitative estimate of drug-likeness (QED) is 0.0975. The summed E-state index contributed by atoms with van der Waals surface area (Å²) in [7, 11) is 0. The summed E-state index contributed by atoms with van der Waals surface area (Å²) >= 11 is 0. The molecule has 0 radical (unpaired) electrons. The molecule has 12 nitrogen and oxygen atoms in total. The van der Waals surface area contributed by atoms with Crippen LogP contribution < -0.4 is 27.8 Å². The summed E-state index contributed by atoms with van der Waals surface area (Å²) in [5.74, 6) is -4.06. The molecule has 0 aromatic rings. The molecule has 166 valence electrons. The number of hydrogen-bond donors (Lipinski definition) is 7. The van der Waals surface area contributed by atoms with E-state index < -0.39 is 41.9 Å². The van der Waals surface area contributed by atoms with Crippen LogP contribution in [0, 0.1) is 5.92 Å². The number of aliphatic imine (C=N–C) groups is 1. The molecule has 4 atom stereocenters. The molecule has 0 saturated carbocycles. The summed E-state index contributed by atoms with van der Waals surface area (Å²) < 4.78 is 0. The summed E-state index contributed by atoms with van der Waals surface area (Å²) in [4.78, 5) is 50.7. The average molecular weight is 416 g/mol. The Hall–Kier alpha value is -2.89. The molecule has 0 fully saturated rings. The van der Waals surface area contributed by atoms with Crippen molar-refractivity contribution in [1.82, 2.24) is 10.6 Å². The van der Waals surface area contributed by atoms with Gasteiger partial charge in [0.25, 0.3) is 0 Å². The van der Waals surface area contributed by atoms with Crippen LogP contribution in [-0.4, -0.2) is 64.6 Å². The van der Waals surface area contributed by atoms with E-state index in [2.05, 4.69) is 15.6 Å². The Morgan fingerprint density at radius 2 is 1.66 bits per heavy atom. The first kappa shape index (κ1) is 26.1. The number of carboxylic acids is 2. The van der Waals surface area contributed by atoms with Crippen LogP contribution in [0.15, 0.2) is 4.99 Å². The van der Waals surface area contributed by atoms with Gasteiger partial charge in [0.2, 0.25) is 11.8 Å². The monoisotopic (exact) mass is 416 g/mol. The molecule has 0 aromatic carbocycles. The zero-order valence-electron chi connectivity index (χ0n) is 16.8. The lowest BCUT2D eigenvalue weighted by molar-refractivity contribution is -0.142. The van der Waals surface area contributed by atoms with E-state index in [1.54, 1.807) is 6.92 Å². The predicted octanol–water partition coefficient (Wildman–Crippen LogP) is -1.67. The molecule has 0 bridgehead atoms. The zero-order chi connectivity index (χ0) is 22.6. The van der Waals surface area contributed by atoms with Gasteiger partial charge in [-0.3, -0.25) is 19.4 Å². The van der Waals surface area contributed by atoms with Crippen molar-refractivity contribution in [2.24, 2.45) is 28.1 Å². The van der Waals surface area contributed by atoms with Crippen LogP contribution in [0.4, 0.5) is 0 Å². The molecule has 0 spiro atoms. The summed E-state index contributed by atoms with van der Waals surface area (Å²) in [6.45, 7) is 3.75. The molecule has 0 aliphatic carbocycles. The molecule has 0 aliphatic rings. The fourth-order valence-electron chi connectivity index (χ4n) is 2.39. The van der Waals surface area contributed by atoms with Gasteiger partial charge in [-0.1, -0.05) is 20.3 Å². The van der Waals surface area contributed by atoms with E-state index in [9.17, 15) is 24.3 Å². The average Bonchev–Trinajstić information content (AvgIpc) is 2.64. The van der Waals surface area contributed by atoms with Gasteiger partial charge >= 0.3 is 11.9 Å². The van der Waals surface area contributed by atoms with Crippen molar-refractivity contribution in [3.8, 4) is 0 Å². The van der Waals surface area contributed by atoms with Crippen molar-refractivity contribution in [2.45, 2.75) is 64.1 Å². The fourth-order valence-corrected chi connectivity index (χ4v) is 2.39. The van der Waals surface area contributed by atoms with Gasteiger partial charge in [0.1, 0.15) is 12.1 Å². The molecular formula is C17H32N6O6. The van der Waals surface area contributed by atoms with Crippen LogP contribution in [0.3, 0.4) is 0 Å². The minimum Gasteiger partial charge on any atom is -0.481 e. The van der Waals surface area contributed by atoms with Crippen molar-refractivity contribution in [1.29, 1.82) is 0 Å². The van der Waals surface area contributed by atoms with E-state index in [0.717, 1.165) is 0 Å². The van der Waals surface area contributed by atoms with E-state index in [0.29, 0.717) is 12.8 Å². The topological polar surface area (TPSA) is 223 Å². The lowest BCUT2D eigenvalue weighted by Gasteiger charge is -2.26. The number of carbonyl (C=O) groups is 4. The van der Waals surface area contributed by atoms with Gasteiger partial charge < -0.3 is 38.0 Å². The SMILES string of the molecule is CCC(C)C(NC(=O)C(N)CCC(=O)O)C(=O)NC(CCCN=C(N)N)C(=O)O. The number of aliphatic carboxylic acids is 2. The Morgan fingerprint density at radius 1 is 1.03 bits per heavy atom. The summed E-state index contributed by atoms with van der Waals surface area (Å²) in [6, 6.07) is -3.29. The van der Waals surface area contributed by atoms with E-state index in [1.807, 2.05) is 6.92 Å². The largest absolute Gasteiger partial charge is 0.481 e. The highest BCUT2D eigenvalue weighted by Crippen LogP contribution is 2.10. The van der Waals surface area contributed by atoms with Gasteiger partial charge in [0.05, 0.1) is 6.04 Å². The van der Waals surface area contributed by atoms with Crippen molar-refractivity contribution in [3.05, 3.63) is 0 Å². The van der Waals surface area contributed by atoms with E-state index in [1.165, 1.54) is 0 Å². The molecule has 0 aromatic heterocycles. The van der Waals surface area contributed by atoms with Gasteiger partial charge in [-0.05, 0) is 25.2 Å². The van der Waals surface area contributed by atoms with Crippen LogP contribution >= 0.6 is 0 Å². The minimum absolute atomic E-state index is 0.0848. The smallest absolute Gasteiger partial charge is 0.326 e. The number of carboxylic acid groups (broad SMARTS) is 2. The maximum atomic E-state index is 12.6. The third kappa shape index (κ3) is 10.9. The first-order valence-corrected chi connectivity index (χ1v) is 9.35. The van der Waals surface area contributed by atoms with Gasteiger partial charge in [-0.15, -0.1) is 0 Å². The third-order valence-electron chi connectivity index (χ3n) is 4.36. The zero-order valence-corrected chi connectivity index (χ0v) is 16.8. The lowest BCUT2D eigenvalue weighted by Crippen LogP contribution is -2.56. The number of amides is 2. The van der Waals surface area contributed by atoms with E-state index >= 15 is 0 Å². The van der Waals surface area contributed by atoms with E-state index in [-0.39, 0.29) is 37.7 Å². The second-order valence-electron chi connectivity index (χ2n) is 6.76. The molecule has 2 amide bonds. The Morgan fingerprint density at radius 3 is 2.14 bits per heavy atom. The minimum atomic E-state index is -1.23. The van der Waals surface area contributed by atoms with Gasteiger partial charge in [-0.25, -0.2) is 4.79 Å². The van der Waals surface area contributed by atoms with Crippen LogP contribution in [0.2, 0.25) is 0 Å². The molecule has 12 heteroatoms. The molecule has 0 heterocycles. The highest BCUT2D eigenvalue weighted by molar-refractivity contribution is 5.92. The molecule has 4 unspecified atom stereocenters.